The van der Waals surface area contributed by atoms with Crippen LogP contribution in [0.25, 0.3) is 21.0 Å². The van der Waals surface area contributed by atoms with E-state index >= 15 is 0 Å². The molecule has 6 rings (SSSR count). The highest BCUT2D eigenvalue weighted by molar-refractivity contribution is 7.18. The minimum absolute atomic E-state index is 0.00701. The molecule has 0 saturated carbocycles. The van der Waals surface area contributed by atoms with Gasteiger partial charge in [0.2, 0.25) is 0 Å². The predicted octanol–water partition coefficient (Wildman–Crippen LogP) is 5.78. The van der Waals surface area contributed by atoms with E-state index in [1.165, 1.54) is 17.0 Å². The number of nitrogens with zero attached hydrogens (tertiary/aromatic N) is 2. The van der Waals surface area contributed by atoms with Gasteiger partial charge in [-0.05, 0) is 59.5 Å². The maximum absolute atomic E-state index is 13.6. The smallest absolute Gasteiger partial charge is 0.262 e. The van der Waals surface area contributed by atoms with Gasteiger partial charge in [0.15, 0.2) is 0 Å². The first kappa shape index (κ1) is 21.8. The number of hydrogen-bond acceptors (Lipinski definition) is 5. The zero-order valence-electron chi connectivity index (χ0n) is 19.3. The van der Waals surface area contributed by atoms with Crippen LogP contribution in [0.15, 0.2) is 71.8 Å². The molecule has 0 fully saturated rings. The Hall–Kier alpha value is -3.71. The number of aromatic nitrogens is 2. The van der Waals surface area contributed by atoms with E-state index < -0.39 is 0 Å². The zero-order valence-corrected chi connectivity index (χ0v) is 20.1. The highest BCUT2D eigenvalue weighted by Gasteiger charge is 2.25. The van der Waals surface area contributed by atoms with Gasteiger partial charge >= 0.3 is 0 Å². The van der Waals surface area contributed by atoms with E-state index in [1.807, 2.05) is 24.3 Å². The summed E-state index contributed by atoms with van der Waals surface area (Å²) in [7, 11) is 1.66. The number of thiophene rings is 1. The average molecular weight is 486 g/mol. The Morgan fingerprint density at radius 2 is 1.97 bits per heavy atom. The van der Waals surface area contributed by atoms with Gasteiger partial charge in [0.1, 0.15) is 16.4 Å². The lowest BCUT2D eigenvalue weighted by Crippen LogP contribution is -2.27. The van der Waals surface area contributed by atoms with Crippen LogP contribution in [-0.4, -0.2) is 22.7 Å². The second-order valence-corrected chi connectivity index (χ2v) is 10.0. The SMILES string of the molecule is COc1ccc2ccccc2c1Cn1cnc2sc3c(c2c1=O)CCC(Nc1ccc(F)cc1)C3. The average Bonchev–Trinajstić information content (AvgIpc) is 3.25. The van der Waals surface area contributed by atoms with Crippen molar-refractivity contribution in [3.8, 4) is 5.75 Å². The molecule has 0 bridgehead atoms. The number of ether oxygens (including phenoxy) is 1. The summed E-state index contributed by atoms with van der Waals surface area (Å²) in [5, 5.41) is 6.43. The molecule has 2 heterocycles. The number of fused-ring (bicyclic) bond motifs is 4. The highest BCUT2D eigenvalue weighted by Crippen LogP contribution is 2.35. The third kappa shape index (κ3) is 3.96. The van der Waals surface area contributed by atoms with Gasteiger partial charge in [-0.25, -0.2) is 9.37 Å². The first-order valence-electron chi connectivity index (χ1n) is 11.7. The van der Waals surface area contributed by atoms with Crippen LogP contribution in [0, 0.1) is 5.82 Å². The van der Waals surface area contributed by atoms with Crippen molar-refractivity contribution >= 4 is 38.0 Å². The minimum Gasteiger partial charge on any atom is -0.496 e. The summed E-state index contributed by atoms with van der Waals surface area (Å²) < 4.78 is 20.6. The third-order valence-corrected chi connectivity index (χ3v) is 7.96. The number of anilines is 1. The van der Waals surface area contributed by atoms with Gasteiger partial charge in [-0.2, -0.15) is 0 Å². The molecule has 0 saturated heterocycles. The topological polar surface area (TPSA) is 56.2 Å². The van der Waals surface area contributed by atoms with Crippen molar-refractivity contribution < 1.29 is 9.13 Å². The van der Waals surface area contributed by atoms with Gasteiger partial charge in [-0.1, -0.05) is 30.3 Å². The lowest BCUT2D eigenvalue weighted by Gasteiger charge is -2.24. The Kier molecular flexibility index (Phi) is 5.49. The lowest BCUT2D eigenvalue weighted by molar-refractivity contribution is 0.409. The molecule has 0 amide bonds. The molecule has 7 heteroatoms. The van der Waals surface area contributed by atoms with E-state index in [4.69, 9.17) is 4.74 Å². The van der Waals surface area contributed by atoms with Crippen molar-refractivity contribution in [3.63, 3.8) is 0 Å². The molecular weight excluding hydrogens is 461 g/mol. The monoisotopic (exact) mass is 485 g/mol. The predicted molar refractivity (Wildman–Crippen MR) is 139 cm³/mol. The summed E-state index contributed by atoms with van der Waals surface area (Å²) in [6, 6.07) is 18.8. The van der Waals surface area contributed by atoms with E-state index in [-0.39, 0.29) is 17.4 Å². The molecule has 1 atom stereocenters. The maximum Gasteiger partial charge on any atom is 0.262 e. The molecule has 2 aromatic heterocycles. The molecular formula is C28H24FN3O2S. The van der Waals surface area contributed by atoms with Crippen LogP contribution in [0.3, 0.4) is 0 Å². The Morgan fingerprint density at radius 3 is 2.80 bits per heavy atom. The van der Waals surface area contributed by atoms with Crippen LogP contribution in [0.5, 0.6) is 5.75 Å². The first-order chi connectivity index (χ1) is 17.1. The molecule has 176 valence electrons. The Morgan fingerprint density at radius 1 is 1.14 bits per heavy atom. The second kappa shape index (κ2) is 8.82. The van der Waals surface area contributed by atoms with Crippen molar-refractivity contribution in [2.45, 2.75) is 31.8 Å². The Bertz CT molecular complexity index is 1610. The van der Waals surface area contributed by atoms with Crippen LogP contribution < -0.4 is 15.6 Å². The van der Waals surface area contributed by atoms with Crippen molar-refractivity contribution in [3.05, 3.63) is 99.2 Å². The minimum atomic E-state index is -0.241. The fourth-order valence-corrected chi connectivity index (χ4v) is 6.32. The summed E-state index contributed by atoms with van der Waals surface area (Å²) >= 11 is 1.61. The van der Waals surface area contributed by atoms with Gasteiger partial charge in [0.05, 0.1) is 25.4 Å². The summed E-state index contributed by atoms with van der Waals surface area (Å²) in [6.45, 7) is 0.395. The van der Waals surface area contributed by atoms with E-state index in [0.29, 0.717) is 6.54 Å². The standard InChI is InChI=1S/C28H24FN3O2S/c1-34-24-13-6-17-4-2-3-5-21(17)23(24)15-32-16-30-27-26(28(32)33)22-12-11-20(14-25(22)35-27)31-19-9-7-18(29)8-10-19/h2-10,13,16,20,31H,11-12,14-15H2,1H3. The van der Waals surface area contributed by atoms with Gasteiger partial charge in [0.25, 0.3) is 5.56 Å². The number of halogens is 1. The van der Waals surface area contributed by atoms with Crippen molar-refractivity contribution in [2.75, 3.05) is 12.4 Å². The molecule has 1 aliphatic rings. The van der Waals surface area contributed by atoms with Gasteiger partial charge < -0.3 is 10.1 Å². The van der Waals surface area contributed by atoms with E-state index in [2.05, 4.69) is 22.4 Å². The summed E-state index contributed by atoms with van der Waals surface area (Å²) in [6.07, 6.45) is 4.20. The molecule has 1 aliphatic carbocycles. The largest absolute Gasteiger partial charge is 0.496 e. The van der Waals surface area contributed by atoms with Crippen LogP contribution >= 0.6 is 11.3 Å². The van der Waals surface area contributed by atoms with Crippen molar-refractivity contribution in [1.29, 1.82) is 0 Å². The number of nitrogens with one attached hydrogen (secondary N) is 1. The van der Waals surface area contributed by atoms with E-state index in [0.717, 1.165) is 62.8 Å². The van der Waals surface area contributed by atoms with Crippen LogP contribution in [0.1, 0.15) is 22.4 Å². The fraction of sp³-hybridized carbons (Fsp3) is 0.214. The van der Waals surface area contributed by atoms with Crippen molar-refractivity contribution in [1.82, 2.24) is 9.55 Å². The molecule has 1 N–H and O–H groups in total. The Balaban J connectivity index is 1.34. The van der Waals surface area contributed by atoms with Crippen LogP contribution in [0.4, 0.5) is 10.1 Å². The third-order valence-electron chi connectivity index (χ3n) is 6.80. The molecule has 3 aromatic carbocycles. The van der Waals surface area contributed by atoms with Gasteiger partial charge in [0, 0.05) is 28.6 Å². The summed E-state index contributed by atoms with van der Waals surface area (Å²) in [4.78, 5) is 20.3. The number of methoxy groups -OCH3 is 1. The molecule has 0 aliphatic heterocycles. The second-order valence-electron chi connectivity index (χ2n) is 8.92. The first-order valence-corrected chi connectivity index (χ1v) is 12.5. The van der Waals surface area contributed by atoms with Crippen LogP contribution in [-0.2, 0) is 19.4 Å². The van der Waals surface area contributed by atoms with E-state index in [9.17, 15) is 9.18 Å². The molecule has 35 heavy (non-hydrogen) atoms. The number of aryl methyl sites for hydroxylation is 1. The quantitative estimate of drug-likeness (QED) is 0.343. The van der Waals surface area contributed by atoms with Gasteiger partial charge in [-0.3, -0.25) is 9.36 Å². The number of rotatable bonds is 5. The van der Waals surface area contributed by atoms with E-state index in [1.54, 1.807) is 41.5 Å². The normalized spacial score (nSPS) is 15.3. The molecule has 0 spiro atoms. The lowest BCUT2D eigenvalue weighted by atomic mass is 9.93. The fourth-order valence-electron chi connectivity index (χ4n) is 5.06. The highest BCUT2D eigenvalue weighted by atomic mass is 32.1. The molecule has 0 radical (unpaired) electrons. The Labute approximate surface area is 205 Å². The maximum atomic E-state index is 13.6. The van der Waals surface area contributed by atoms with Crippen molar-refractivity contribution in [2.24, 2.45) is 0 Å². The number of hydrogen-bond donors (Lipinski definition) is 1. The van der Waals surface area contributed by atoms with Gasteiger partial charge in [-0.15, -0.1) is 11.3 Å². The summed E-state index contributed by atoms with van der Waals surface area (Å²) in [5.74, 6) is 0.521. The molecule has 5 nitrogen and oxygen atoms in total. The molecule has 1 unspecified atom stereocenters. The zero-order chi connectivity index (χ0) is 23.9. The summed E-state index contributed by atoms with van der Waals surface area (Å²) in [5.41, 5.74) is 3.00. The van der Waals surface area contributed by atoms with Crippen LogP contribution in [0.2, 0.25) is 0 Å². The molecule has 5 aromatic rings. The number of benzene rings is 3.